The molecule has 286 valence electrons. The highest BCUT2D eigenvalue weighted by molar-refractivity contribution is 7.47. The number of phosphoric ester groups is 1. The summed E-state index contributed by atoms with van der Waals surface area (Å²) in [6, 6.07) is 36.4. The molecule has 0 radical (unpaired) electrons. The molecule has 0 saturated carbocycles. The monoisotopic (exact) mass is 754 g/mol. The number of carbonyl (C=O) groups is 2. The Morgan fingerprint density at radius 3 is 1.54 bits per heavy atom. The second-order valence-electron chi connectivity index (χ2n) is 14.1. The van der Waals surface area contributed by atoms with E-state index in [2.05, 4.69) is 24.3 Å². The molecule has 0 saturated heterocycles. The highest BCUT2D eigenvalue weighted by Gasteiger charge is 2.27. The molecule has 0 aliphatic rings. The number of aryl methyl sites for hydroxylation is 2. The van der Waals surface area contributed by atoms with Crippen LogP contribution < -0.4 is 0 Å². The van der Waals surface area contributed by atoms with Gasteiger partial charge in [-0.15, -0.1) is 0 Å². The van der Waals surface area contributed by atoms with Gasteiger partial charge in [-0.3, -0.25) is 18.6 Å². The summed E-state index contributed by atoms with van der Waals surface area (Å²) in [6.07, 6.45) is 9.85. The van der Waals surface area contributed by atoms with E-state index in [9.17, 15) is 19.0 Å². The van der Waals surface area contributed by atoms with Crippen molar-refractivity contribution in [3.63, 3.8) is 0 Å². The first-order valence-corrected chi connectivity index (χ1v) is 19.8. The molecule has 0 amide bonds. The largest absolute Gasteiger partial charge is 0.472 e. The number of esters is 2. The second kappa shape index (κ2) is 21.9. The molecule has 0 aromatic heterocycles. The highest BCUT2D eigenvalue weighted by Crippen LogP contribution is 2.43. The Balaban J connectivity index is 1.22. The molecule has 0 spiro atoms. The van der Waals surface area contributed by atoms with Crippen LogP contribution in [0.3, 0.4) is 0 Å². The molecular formula is C44H53NO8P+. The first-order chi connectivity index (χ1) is 25.9. The fraction of sp³-hybridized carbons (Fsp3) is 0.318. The van der Waals surface area contributed by atoms with Gasteiger partial charge in [-0.25, -0.2) is 4.57 Å². The van der Waals surface area contributed by atoms with Crippen molar-refractivity contribution in [2.75, 3.05) is 47.5 Å². The van der Waals surface area contributed by atoms with E-state index in [1.165, 1.54) is 0 Å². The maximum Gasteiger partial charge on any atom is 0.472 e. The van der Waals surface area contributed by atoms with Crippen molar-refractivity contribution in [1.82, 2.24) is 0 Å². The zero-order valence-corrected chi connectivity index (χ0v) is 32.4. The van der Waals surface area contributed by atoms with E-state index in [0.717, 1.165) is 33.4 Å². The molecule has 0 heterocycles. The van der Waals surface area contributed by atoms with Crippen LogP contribution in [0.4, 0.5) is 0 Å². The number of phosphoric acid groups is 1. The minimum atomic E-state index is -4.44. The fourth-order valence-electron chi connectivity index (χ4n) is 5.24. The van der Waals surface area contributed by atoms with Gasteiger partial charge in [-0.05, 0) is 59.1 Å². The number of benzene rings is 4. The van der Waals surface area contributed by atoms with Gasteiger partial charge in [0.15, 0.2) is 6.10 Å². The number of likely N-dealkylation sites (N-methyl/N-ethyl adjacent to an activating group) is 1. The molecular weight excluding hydrogens is 701 g/mol. The van der Waals surface area contributed by atoms with Crippen LogP contribution in [0.2, 0.25) is 0 Å². The lowest BCUT2D eigenvalue weighted by Crippen LogP contribution is -2.37. The molecule has 0 bridgehead atoms. The van der Waals surface area contributed by atoms with Crippen molar-refractivity contribution in [1.29, 1.82) is 0 Å². The molecule has 0 fully saturated rings. The summed E-state index contributed by atoms with van der Waals surface area (Å²) in [7, 11) is 1.35. The van der Waals surface area contributed by atoms with Gasteiger partial charge in [0.1, 0.15) is 19.8 Å². The lowest BCUT2D eigenvalue weighted by molar-refractivity contribution is -0.870. The van der Waals surface area contributed by atoms with Gasteiger partial charge in [0, 0.05) is 12.8 Å². The molecule has 0 aliphatic heterocycles. The third-order valence-corrected chi connectivity index (χ3v) is 9.34. The van der Waals surface area contributed by atoms with E-state index < -0.39 is 32.5 Å². The maximum atomic E-state index is 12.8. The standard InChI is InChI=1S/C44H52NO8P/c1-45(2,3)32-33-51-54(48,49)52-35-42(53-44(47)19-11-17-39-24-30-41(31-25-39)27-21-37-14-8-5-9-15-37)34-50-43(46)18-10-16-38-22-28-40(29-23-38)26-20-36-12-6-4-7-13-36/h4-9,12-15,20-31,42H,10-11,16-19,32-35H2,1-3H3/p+1/b26-20+,27-21+/t42-/m1/s1. The summed E-state index contributed by atoms with van der Waals surface area (Å²) in [4.78, 5) is 35.7. The van der Waals surface area contributed by atoms with Gasteiger partial charge in [-0.2, -0.15) is 0 Å². The Bertz CT molecular complexity index is 1820. The number of hydrogen-bond donors (Lipinski definition) is 1. The quantitative estimate of drug-likeness (QED) is 0.0368. The van der Waals surface area contributed by atoms with E-state index in [-0.39, 0.29) is 26.1 Å². The predicted molar refractivity (Wildman–Crippen MR) is 215 cm³/mol. The Labute approximate surface area is 320 Å². The molecule has 1 N–H and O–H groups in total. The molecule has 4 rings (SSSR count). The zero-order chi connectivity index (χ0) is 38.7. The number of ether oxygens (including phenoxy) is 2. The Hall–Kier alpha value is -4.63. The smallest absolute Gasteiger partial charge is 0.462 e. The summed E-state index contributed by atoms with van der Waals surface area (Å²) < 4.78 is 34.3. The first-order valence-electron chi connectivity index (χ1n) is 18.3. The molecule has 2 atom stereocenters. The molecule has 10 heteroatoms. The highest BCUT2D eigenvalue weighted by atomic mass is 31.2. The fourth-order valence-corrected chi connectivity index (χ4v) is 5.98. The van der Waals surface area contributed by atoms with Crippen LogP contribution in [0.1, 0.15) is 59.1 Å². The van der Waals surface area contributed by atoms with Gasteiger partial charge in [-0.1, -0.05) is 133 Å². The minimum Gasteiger partial charge on any atom is -0.462 e. The summed E-state index contributed by atoms with van der Waals surface area (Å²) in [6.45, 7) is -0.315. The van der Waals surface area contributed by atoms with E-state index in [1.807, 2.05) is 130 Å². The molecule has 4 aromatic rings. The number of hydrogen-bond acceptors (Lipinski definition) is 7. The van der Waals surface area contributed by atoms with Gasteiger partial charge >= 0.3 is 19.8 Å². The molecule has 0 aliphatic carbocycles. The van der Waals surface area contributed by atoms with Crippen LogP contribution in [0.5, 0.6) is 0 Å². The second-order valence-corrected chi connectivity index (χ2v) is 15.5. The van der Waals surface area contributed by atoms with Crippen molar-refractivity contribution in [3.05, 3.63) is 143 Å². The van der Waals surface area contributed by atoms with Crippen LogP contribution in [-0.2, 0) is 45.5 Å². The SMILES string of the molecule is C[N+](C)(C)CCOP(=O)(O)OC[C@@H](COC(=O)CCCc1ccc(/C=C/c2ccccc2)cc1)OC(=O)CCCc1ccc(/C=C/c2ccccc2)cc1. The van der Waals surface area contributed by atoms with Gasteiger partial charge in [0.25, 0.3) is 0 Å². The molecule has 54 heavy (non-hydrogen) atoms. The van der Waals surface area contributed by atoms with E-state index in [4.69, 9.17) is 18.5 Å². The predicted octanol–water partition coefficient (Wildman–Crippen LogP) is 8.67. The van der Waals surface area contributed by atoms with Gasteiger partial charge in [0.05, 0.1) is 27.7 Å². The van der Waals surface area contributed by atoms with Crippen LogP contribution in [0.15, 0.2) is 109 Å². The van der Waals surface area contributed by atoms with Crippen LogP contribution in [-0.4, -0.2) is 74.9 Å². The molecule has 9 nitrogen and oxygen atoms in total. The summed E-state index contributed by atoms with van der Waals surface area (Å²) in [5, 5.41) is 0. The Morgan fingerprint density at radius 1 is 0.630 bits per heavy atom. The normalized spacial score (nSPS) is 13.5. The van der Waals surface area contributed by atoms with Crippen molar-refractivity contribution in [3.8, 4) is 0 Å². The molecule has 4 aromatic carbocycles. The Kier molecular flexibility index (Phi) is 17.1. The maximum absolute atomic E-state index is 12.8. The third-order valence-electron chi connectivity index (χ3n) is 8.36. The van der Waals surface area contributed by atoms with Gasteiger partial charge < -0.3 is 18.9 Å². The van der Waals surface area contributed by atoms with E-state index in [1.54, 1.807) is 0 Å². The van der Waals surface area contributed by atoms with Crippen molar-refractivity contribution >= 4 is 44.1 Å². The third kappa shape index (κ3) is 17.5. The number of nitrogens with zero attached hydrogens (tertiary/aromatic N) is 1. The first kappa shape index (κ1) is 42.1. The van der Waals surface area contributed by atoms with E-state index in [0.29, 0.717) is 36.7 Å². The Morgan fingerprint density at radius 2 is 1.07 bits per heavy atom. The summed E-state index contributed by atoms with van der Waals surface area (Å²) >= 11 is 0. The van der Waals surface area contributed by atoms with Crippen molar-refractivity contribution in [2.45, 2.75) is 44.6 Å². The lowest BCUT2D eigenvalue weighted by Gasteiger charge is -2.24. The topological polar surface area (TPSA) is 108 Å². The van der Waals surface area contributed by atoms with Gasteiger partial charge in [0.2, 0.25) is 0 Å². The minimum absolute atomic E-state index is 0.00583. The number of carbonyl (C=O) groups excluding carboxylic acids is 2. The molecule has 1 unspecified atom stereocenters. The average Bonchev–Trinajstić information content (AvgIpc) is 3.15. The van der Waals surface area contributed by atoms with Crippen molar-refractivity contribution < 1.29 is 42.1 Å². The van der Waals surface area contributed by atoms with Crippen LogP contribution in [0, 0.1) is 0 Å². The zero-order valence-electron chi connectivity index (χ0n) is 31.5. The van der Waals surface area contributed by atoms with Crippen LogP contribution >= 0.6 is 7.82 Å². The lowest BCUT2D eigenvalue weighted by atomic mass is 10.1. The number of rotatable bonds is 22. The summed E-state index contributed by atoms with van der Waals surface area (Å²) in [5.41, 5.74) is 6.58. The van der Waals surface area contributed by atoms with Crippen LogP contribution in [0.25, 0.3) is 24.3 Å². The number of quaternary nitrogens is 1. The van der Waals surface area contributed by atoms with E-state index >= 15 is 0 Å². The summed E-state index contributed by atoms with van der Waals surface area (Å²) in [5.74, 6) is -0.991. The average molecular weight is 755 g/mol. The van der Waals surface area contributed by atoms with Crippen molar-refractivity contribution in [2.24, 2.45) is 0 Å².